The number of nitrogens with zero attached hydrogens (tertiary/aromatic N) is 2. The summed E-state index contributed by atoms with van der Waals surface area (Å²) in [4.78, 5) is 44.2. The molecule has 0 radical (unpaired) electrons. The Hall–Kier alpha value is -2.71. The van der Waals surface area contributed by atoms with Crippen LogP contribution in [0.25, 0.3) is 10.2 Å². The highest BCUT2D eigenvalue weighted by molar-refractivity contribution is 8.01. The molecule has 8 heteroatoms. The van der Waals surface area contributed by atoms with Gasteiger partial charge in [0, 0.05) is 5.69 Å². The molecular formula is C25H25N3O3S2. The second kappa shape index (κ2) is 8.91. The highest BCUT2D eigenvalue weighted by atomic mass is 32.2. The second-order valence-corrected chi connectivity index (χ2v) is 11.1. The lowest BCUT2D eigenvalue weighted by Crippen LogP contribution is -2.30. The molecule has 3 amide bonds. The van der Waals surface area contributed by atoms with Crippen LogP contribution in [0.5, 0.6) is 0 Å². The lowest BCUT2D eigenvalue weighted by molar-refractivity contribution is -0.122. The number of anilines is 2. The Labute approximate surface area is 200 Å². The van der Waals surface area contributed by atoms with Crippen LogP contribution in [-0.4, -0.2) is 28.5 Å². The topological polar surface area (TPSA) is 79.4 Å². The standard InChI is InChI=1S/C25H25N3O3S2/c1-14-9-15(2)11-16(10-14)26-22(29)13-32-25-27-20-8-7-17(12-21(20)33-25)28-23(30)18-5-3-4-6-19(18)24(28)31/h7-12,18-19H,3-6,13H2,1-2H3,(H,26,29)/t18-,19+. The van der Waals surface area contributed by atoms with Crippen LogP contribution < -0.4 is 10.2 Å². The van der Waals surface area contributed by atoms with Crippen LogP contribution in [0.15, 0.2) is 40.7 Å². The van der Waals surface area contributed by atoms with Crippen LogP contribution in [-0.2, 0) is 14.4 Å². The maximum atomic E-state index is 12.9. The van der Waals surface area contributed by atoms with Gasteiger partial charge in [-0.2, -0.15) is 0 Å². The van der Waals surface area contributed by atoms with Crippen molar-refractivity contribution in [1.82, 2.24) is 4.98 Å². The molecule has 0 spiro atoms. The lowest BCUT2D eigenvalue weighted by Gasteiger charge is -2.19. The van der Waals surface area contributed by atoms with Crippen molar-refractivity contribution in [2.45, 2.75) is 43.9 Å². The zero-order chi connectivity index (χ0) is 23.1. The van der Waals surface area contributed by atoms with Crippen LogP contribution in [0.4, 0.5) is 11.4 Å². The predicted molar refractivity (Wildman–Crippen MR) is 133 cm³/mol. The fraction of sp³-hybridized carbons (Fsp3) is 0.360. The quantitative estimate of drug-likeness (QED) is 0.396. The molecule has 1 N–H and O–H groups in total. The highest BCUT2D eigenvalue weighted by Crippen LogP contribution is 2.41. The first-order chi connectivity index (χ1) is 15.9. The number of thiazole rings is 1. The molecule has 2 heterocycles. The summed E-state index contributed by atoms with van der Waals surface area (Å²) in [6.45, 7) is 4.01. The van der Waals surface area contributed by atoms with Crippen molar-refractivity contribution < 1.29 is 14.4 Å². The number of imide groups is 1. The molecule has 1 aliphatic carbocycles. The minimum atomic E-state index is -0.162. The number of nitrogens with one attached hydrogen (secondary N) is 1. The normalized spacial score (nSPS) is 20.4. The number of benzene rings is 2. The monoisotopic (exact) mass is 479 g/mol. The van der Waals surface area contributed by atoms with E-state index in [4.69, 9.17) is 0 Å². The van der Waals surface area contributed by atoms with E-state index in [1.54, 1.807) is 6.07 Å². The summed E-state index contributed by atoms with van der Waals surface area (Å²) in [5.74, 6) is -0.278. The summed E-state index contributed by atoms with van der Waals surface area (Å²) in [6.07, 6.45) is 3.64. The third kappa shape index (κ3) is 4.42. The van der Waals surface area contributed by atoms with E-state index in [2.05, 4.69) is 16.4 Å². The summed E-state index contributed by atoms with van der Waals surface area (Å²) in [5.41, 5.74) is 4.44. The number of hydrogen-bond donors (Lipinski definition) is 1. The molecule has 3 aromatic rings. The van der Waals surface area contributed by atoms with Gasteiger partial charge in [0.05, 0.1) is 33.5 Å². The molecular weight excluding hydrogens is 454 g/mol. The molecule has 1 saturated heterocycles. The van der Waals surface area contributed by atoms with E-state index in [0.29, 0.717) is 5.69 Å². The molecule has 6 nitrogen and oxygen atoms in total. The van der Waals surface area contributed by atoms with Crippen molar-refractivity contribution in [2.75, 3.05) is 16.0 Å². The number of rotatable bonds is 5. The van der Waals surface area contributed by atoms with Gasteiger partial charge in [-0.15, -0.1) is 11.3 Å². The van der Waals surface area contributed by atoms with Gasteiger partial charge >= 0.3 is 0 Å². The summed E-state index contributed by atoms with van der Waals surface area (Å²) in [6, 6.07) is 11.5. The summed E-state index contributed by atoms with van der Waals surface area (Å²) in [5, 5.41) is 2.94. The number of amides is 3. The van der Waals surface area contributed by atoms with Crippen molar-refractivity contribution in [3.05, 3.63) is 47.5 Å². The molecule has 1 aliphatic heterocycles. The summed E-state index contributed by atoms with van der Waals surface area (Å²) in [7, 11) is 0. The first-order valence-electron chi connectivity index (χ1n) is 11.2. The zero-order valence-electron chi connectivity index (χ0n) is 18.6. The Bertz CT molecular complexity index is 1220. The minimum absolute atomic E-state index is 0.0637. The zero-order valence-corrected chi connectivity index (χ0v) is 20.2. The lowest BCUT2D eigenvalue weighted by atomic mass is 9.81. The number of carbonyl (C=O) groups excluding carboxylic acids is 3. The molecule has 5 rings (SSSR count). The number of fused-ring (bicyclic) bond motifs is 2. The van der Waals surface area contributed by atoms with E-state index >= 15 is 0 Å². The van der Waals surface area contributed by atoms with E-state index in [1.165, 1.54) is 28.0 Å². The number of carbonyl (C=O) groups is 3. The van der Waals surface area contributed by atoms with Crippen molar-refractivity contribution in [3.8, 4) is 0 Å². The molecule has 0 unspecified atom stereocenters. The SMILES string of the molecule is Cc1cc(C)cc(NC(=O)CSc2nc3ccc(N4C(=O)[C@H]5CCCC[C@H]5C4=O)cc3s2)c1. The second-order valence-electron chi connectivity index (χ2n) is 8.85. The Morgan fingerprint density at radius 3 is 2.39 bits per heavy atom. The molecule has 33 heavy (non-hydrogen) atoms. The molecule has 2 aliphatic rings. The molecule has 2 atom stereocenters. The molecule has 2 aromatic carbocycles. The van der Waals surface area contributed by atoms with Crippen LogP contribution in [0, 0.1) is 25.7 Å². The fourth-order valence-corrected chi connectivity index (χ4v) is 6.78. The van der Waals surface area contributed by atoms with Crippen molar-refractivity contribution in [3.63, 3.8) is 0 Å². The van der Waals surface area contributed by atoms with Crippen molar-refractivity contribution in [2.24, 2.45) is 11.8 Å². The largest absolute Gasteiger partial charge is 0.325 e. The van der Waals surface area contributed by atoms with Gasteiger partial charge in [-0.05, 0) is 68.1 Å². The maximum absolute atomic E-state index is 12.9. The van der Waals surface area contributed by atoms with Crippen LogP contribution in [0.3, 0.4) is 0 Å². The van der Waals surface area contributed by atoms with Gasteiger partial charge in [-0.1, -0.05) is 30.7 Å². The van der Waals surface area contributed by atoms with Gasteiger partial charge in [-0.3, -0.25) is 19.3 Å². The third-order valence-electron chi connectivity index (χ3n) is 6.28. The van der Waals surface area contributed by atoms with Crippen LogP contribution >= 0.6 is 23.1 Å². The van der Waals surface area contributed by atoms with E-state index < -0.39 is 0 Å². The van der Waals surface area contributed by atoms with Crippen LogP contribution in [0.2, 0.25) is 0 Å². The molecule has 170 valence electrons. The van der Waals surface area contributed by atoms with E-state index in [1.807, 2.05) is 38.1 Å². The van der Waals surface area contributed by atoms with E-state index in [-0.39, 0.29) is 35.3 Å². The van der Waals surface area contributed by atoms with Crippen LogP contribution in [0.1, 0.15) is 36.8 Å². The molecule has 2 fully saturated rings. The number of aryl methyl sites for hydroxylation is 2. The average molecular weight is 480 g/mol. The Morgan fingerprint density at radius 1 is 1.06 bits per heavy atom. The fourth-order valence-electron chi connectivity index (χ4n) is 4.88. The number of hydrogen-bond acceptors (Lipinski definition) is 6. The van der Waals surface area contributed by atoms with Gasteiger partial charge in [0.1, 0.15) is 0 Å². The first-order valence-corrected chi connectivity index (χ1v) is 13.0. The first kappa shape index (κ1) is 22.1. The average Bonchev–Trinajstić information content (AvgIpc) is 3.29. The highest BCUT2D eigenvalue weighted by Gasteiger charge is 2.48. The smallest absolute Gasteiger partial charge is 0.237 e. The third-order valence-corrected chi connectivity index (χ3v) is 8.45. The summed E-state index contributed by atoms with van der Waals surface area (Å²) >= 11 is 2.86. The van der Waals surface area contributed by atoms with E-state index in [9.17, 15) is 14.4 Å². The van der Waals surface area contributed by atoms with Gasteiger partial charge < -0.3 is 5.32 Å². The summed E-state index contributed by atoms with van der Waals surface area (Å²) < 4.78 is 1.69. The van der Waals surface area contributed by atoms with Gasteiger partial charge in [0.25, 0.3) is 0 Å². The maximum Gasteiger partial charge on any atom is 0.237 e. The molecule has 0 bridgehead atoms. The number of thioether (sulfide) groups is 1. The van der Waals surface area contributed by atoms with Gasteiger partial charge in [0.2, 0.25) is 17.7 Å². The van der Waals surface area contributed by atoms with Crippen molar-refractivity contribution in [1.29, 1.82) is 0 Å². The number of aromatic nitrogens is 1. The molecule has 1 saturated carbocycles. The van der Waals surface area contributed by atoms with Gasteiger partial charge in [-0.25, -0.2) is 4.98 Å². The van der Waals surface area contributed by atoms with Gasteiger partial charge in [0.15, 0.2) is 4.34 Å². The Balaban J connectivity index is 1.28. The Morgan fingerprint density at radius 2 is 1.73 bits per heavy atom. The van der Waals surface area contributed by atoms with Crippen molar-refractivity contribution >= 4 is 62.4 Å². The Kier molecular flexibility index (Phi) is 5.97. The minimum Gasteiger partial charge on any atom is -0.325 e. The van der Waals surface area contributed by atoms with E-state index in [0.717, 1.165) is 57.1 Å². The predicted octanol–water partition coefficient (Wildman–Crippen LogP) is 5.32. The molecule has 1 aromatic heterocycles.